The third-order valence-corrected chi connectivity index (χ3v) is 4.38. The maximum atomic E-state index is 13.2. The lowest BCUT2D eigenvalue weighted by atomic mass is 10.1. The number of anilines is 2. The van der Waals surface area contributed by atoms with Crippen molar-refractivity contribution in [3.8, 4) is 5.75 Å². The monoisotopic (exact) mass is 418 g/mol. The van der Waals surface area contributed by atoms with Crippen molar-refractivity contribution >= 4 is 29.1 Å². The number of rotatable bonds is 6. The van der Waals surface area contributed by atoms with E-state index in [1.54, 1.807) is 29.2 Å². The Morgan fingerprint density at radius 1 is 1.10 bits per heavy atom. The molecular weight excluding hydrogens is 398 g/mol. The molecule has 1 aliphatic heterocycles. The zero-order valence-electron chi connectivity index (χ0n) is 16.1. The molecule has 0 spiro atoms. The van der Waals surface area contributed by atoms with Crippen molar-refractivity contribution in [2.24, 2.45) is 0 Å². The minimum atomic E-state index is -1.09. The molecule has 2 aromatic carbocycles. The number of fused-ring (bicyclic) bond motifs is 1. The second-order valence-electron chi connectivity index (χ2n) is 6.52. The molecule has 0 aromatic heterocycles. The van der Waals surface area contributed by atoms with Crippen LogP contribution in [0.5, 0.6) is 5.75 Å². The predicted molar refractivity (Wildman–Crippen MR) is 105 cm³/mol. The maximum absolute atomic E-state index is 13.2. The average Bonchev–Trinajstić information content (AvgIpc) is 2.74. The molecule has 3 amide bonds. The molecule has 1 aliphatic rings. The second kappa shape index (κ2) is 9.21. The first kappa shape index (κ1) is 21.0. The summed E-state index contributed by atoms with van der Waals surface area (Å²) >= 11 is 0. The van der Waals surface area contributed by atoms with Gasteiger partial charge < -0.3 is 25.6 Å². The molecule has 8 nitrogen and oxygen atoms in total. The van der Waals surface area contributed by atoms with Crippen molar-refractivity contribution in [2.45, 2.75) is 6.10 Å². The van der Waals surface area contributed by atoms with E-state index in [9.17, 15) is 23.2 Å². The van der Waals surface area contributed by atoms with Gasteiger partial charge >= 0.3 is 0 Å². The van der Waals surface area contributed by atoms with Gasteiger partial charge in [-0.2, -0.15) is 0 Å². The number of para-hydroxylation sites is 2. The summed E-state index contributed by atoms with van der Waals surface area (Å²) in [5, 5.41) is 7.35. The third-order valence-electron chi connectivity index (χ3n) is 4.38. The van der Waals surface area contributed by atoms with Crippen molar-refractivity contribution in [1.82, 2.24) is 10.6 Å². The lowest BCUT2D eigenvalue weighted by Crippen LogP contribution is -2.51. The second-order valence-corrected chi connectivity index (χ2v) is 6.52. The number of ether oxygens (including phenoxy) is 1. The van der Waals surface area contributed by atoms with Crippen molar-refractivity contribution in [3.63, 3.8) is 0 Å². The Labute approximate surface area is 171 Å². The van der Waals surface area contributed by atoms with Gasteiger partial charge in [0.25, 0.3) is 5.91 Å². The summed E-state index contributed by atoms with van der Waals surface area (Å²) in [7, 11) is 1.49. The van der Waals surface area contributed by atoms with E-state index in [0.29, 0.717) is 11.4 Å². The number of carbonyl (C=O) groups is 3. The van der Waals surface area contributed by atoms with E-state index >= 15 is 0 Å². The van der Waals surface area contributed by atoms with Gasteiger partial charge in [-0.05, 0) is 24.3 Å². The summed E-state index contributed by atoms with van der Waals surface area (Å²) in [6, 6.07) is 9.94. The van der Waals surface area contributed by atoms with Crippen LogP contribution in [-0.4, -0.2) is 50.5 Å². The predicted octanol–water partition coefficient (Wildman–Crippen LogP) is 1.03. The van der Waals surface area contributed by atoms with Crippen molar-refractivity contribution in [1.29, 1.82) is 0 Å². The van der Waals surface area contributed by atoms with Gasteiger partial charge in [0.2, 0.25) is 11.8 Å². The maximum Gasteiger partial charge on any atom is 0.262 e. The van der Waals surface area contributed by atoms with Crippen LogP contribution in [0.25, 0.3) is 0 Å². The molecular formula is C20H20F2N4O4. The first-order chi connectivity index (χ1) is 14.4. The fourth-order valence-corrected chi connectivity index (χ4v) is 2.94. The summed E-state index contributed by atoms with van der Waals surface area (Å²) in [4.78, 5) is 38.0. The third kappa shape index (κ3) is 5.02. The highest BCUT2D eigenvalue weighted by atomic mass is 19.2. The van der Waals surface area contributed by atoms with Gasteiger partial charge in [0.15, 0.2) is 17.7 Å². The SMILES string of the molecule is CNC(=O)C1CN(CC(=O)NCC(=O)Nc2ccc(F)c(F)c2)c2ccccc2O1. The Hall–Kier alpha value is -3.69. The highest BCUT2D eigenvalue weighted by Gasteiger charge is 2.31. The van der Waals surface area contributed by atoms with Crippen LogP contribution < -0.4 is 25.6 Å². The van der Waals surface area contributed by atoms with E-state index in [2.05, 4.69) is 16.0 Å². The Morgan fingerprint density at radius 3 is 2.60 bits per heavy atom. The van der Waals surface area contributed by atoms with E-state index in [1.165, 1.54) is 13.1 Å². The van der Waals surface area contributed by atoms with Crippen molar-refractivity contribution in [3.05, 3.63) is 54.1 Å². The highest BCUT2D eigenvalue weighted by Crippen LogP contribution is 2.32. The van der Waals surface area contributed by atoms with Crippen LogP contribution in [0.1, 0.15) is 0 Å². The fourth-order valence-electron chi connectivity index (χ4n) is 2.94. The first-order valence-corrected chi connectivity index (χ1v) is 9.11. The Kier molecular flexibility index (Phi) is 6.45. The Balaban J connectivity index is 1.57. The Bertz CT molecular complexity index is 970. The quantitative estimate of drug-likeness (QED) is 0.651. The first-order valence-electron chi connectivity index (χ1n) is 9.11. The molecule has 0 saturated carbocycles. The van der Waals surface area contributed by atoms with Gasteiger partial charge in [-0.1, -0.05) is 12.1 Å². The largest absolute Gasteiger partial charge is 0.477 e. The minimum absolute atomic E-state index is 0.0728. The lowest BCUT2D eigenvalue weighted by molar-refractivity contribution is -0.127. The van der Waals surface area contributed by atoms with E-state index in [1.807, 2.05) is 0 Å². The molecule has 10 heteroatoms. The van der Waals surface area contributed by atoms with E-state index in [0.717, 1.165) is 12.1 Å². The van der Waals surface area contributed by atoms with Crippen LogP contribution in [0.2, 0.25) is 0 Å². The number of hydrogen-bond donors (Lipinski definition) is 3. The number of hydrogen-bond acceptors (Lipinski definition) is 5. The molecule has 0 radical (unpaired) electrons. The smallest absolute Gasteiger partial charge is 0.262 e. The van der Waals surface area contributed by atoms with Gasteiger partial charge in [0.05, 0.1) is 25.3 Å². The van der Waals surface area contributed by atoms with Gasteiger partial charge in [0.1, 0.15) is 5.75 Å². The fraction of sp³-hybridized carbons (Fsp3) is 0.250. The number of nitrogens with one attached hydrogen (secondary N) is 3. The molecule has 0 aliphatic carbocycles. The van der Waals surface area contributed by atoms with Crippen molar-refractivity contribution < 1.29 is 27.9 Å². The van der Waals surface area contributed by atoms with Gasteiger partial charge in [-0.15, -0.1) is 0 Å². The van der Waals surface area contributed by atoms with E-state index < -0.39 is 29.6 Å². The summed E-state index contributed by atoms with van der Waals surface area (Å²) in [5.41, 5.74) is 0.725. The average molecular weight is 418 g/mol. The standard InChI is InChI=1S/C20H20F2N4O4/c1-23-20(29)17-10-26(15-4-2-3-5-16(15)30-17)11-19(28)24-9-18(27)25-12-6-7-13(21)14(22)8-12/h2-8,17H,9-11H2,1H3,(H,23,29)(H,24,28)(H,25,27). The summed E-state index contributed by atoms with van der Waals surface area (Å²) in [6.07, 6.45) is -0.783. The number of halogens is 2. The van der Waals surface area contributed by atoms with Crippen LogP contribution in [0.15, 0.2) is 42.5 Å². The molecule has 2 aromatic rings. The molecule has 0 saturated heterocycles. The Morgan fingerprint density at radius 2 is 1.87 bits per heavy atom. The van der Waals surface area contributed by atoms with E-state index in [4.69, 9.17) is 4.74 Å². The molecule has 30 heavy (non-hydrogen) atoms. The van der Waals surface area contributed by atoms with E-state index in [-0.39, 0.29) is 31.2 Å². The zero-order chi connectivity index (χ0) is 21.7. The van der Waals surface area contributed by atoms with Crippen LogP contribution in [0.3, 0.4) is 0 Å². The number of nitrogens with zero attached hydrogens (tertiary/aromatic N) is 1. The van der Waals surface area contributed by atoms with Gasteiger partial charge in [-0.25, -0.2) is 8.78 Å². The van der Waals surface area contributed by atoms with Gasteiger partial charge in [-0.3, -0.25) is 14.4 Å². The number of benzene rings is 2. The normalized spacial score (nSPS) is 14.9. The van der Waals surface area contributed by atoms with Gasteiger partial charge in [0, 0.05) is 18.8 Å². The lowest BCUT2D eigenvalue weighted by Gasteiger charge is -2.34. The van der Waals surface area contributed by atoms with Crippen LogP contribution >= 0.6 is 0 Å². The summed E-state index contributed by atoms with van der Waals surface area (Å²) in [5.74, 6) is -3.01. The molecule has 158 valence electrons. The molecule has 0 fully saturated rings. The summed E-state index contributed by atoms with van der Waals surface area (Å²) < 4.78 is 31.8. The molecule has 1 atom stereocenters. The van der Waals surface area contributed by atoms with Crippen LogP contribution in [0, 0.1) is 11.6 Å². The summed E-state index contributed by atoms with van der Waals surface area (Å²) in [6.45, 7) is -0.305. The molecule has 0 bridgehead atoms. The zero-order valence-corrected chi connectivity index (χ0v) is 16.1. The molecule has 3 rings (SSSR count). The van der Waals surface area contributed by atoms with Crippen molar-refractivity contribution in [2.75, 3.05) is 36.9 Å². The number of amides is 3. The minimum Gasteiger partial charge on any atom is -0.477 e. The van der Waals surface area contributed by atoms with Crippen LogP contribution in [0.4, 0.5) is 20.2 Å². The topological polar surface area (TPSA) is 99.8 Å². The number of likely N-dealkylation sites (N-methyl/N-ethyl adjacent to an activating group) is 1. The molecule has 1 unspecified atom stereocenters. The van der Waals surface area contributed by atoms with Crippen LogP contribution in [-0.2, 0) is 14.4 Å². The highest BCUT2D eigenvalue weighted by molar-refractivity contribution is 5.95. The molecule has 1 heterocycles. The molecule has 3 N–H and O–H groups in total. The number of carbonyl (C=O) groups excluding carboxylic acids is 3.